The summed E-state index contributed by atoms with van der Waals surface area (Å²) in [6.45, 7) is 4.10. The molecule has 1 saturated carbocycles. The van der Waals surface area contributed by atoms with Gasteiger partial charge in [0.2, 0.25) is 0 Å². The molecule has 0 saturated heterocycles. The van der Waals surface area contributed by atoms with Crippen molar-refractivity contribution in [1.29, 1.82) is 0 Å². The predicted molar refractivity (Wildman–Crippen MR) is 67.7 cm³/mol. The van der Waals surface area contributed by atoms with Crippen LogP contribution in [0.1, 0.15) is 46.0 Å². The Balaban J connectivity index is 2.27. The molecule has 0 spiro atoms. The highest BCUT2D eigenvalue weighted by Crippen LogP contribution is 2.29. The van der Waals surface area contributed by atoms with Gasteiger partial charge in [-0.25, -0.2) is 0 Å². The molecule has 0 radical (unpaired) electrons. The first-order valence-electron chi connectivity index (χ1n) is 6.04. The van der Waals surface area contributed by atoms with E-state index in [4.69, 9.17) is 0 Å². The zero-order chi connectivity index (χ0) is 12.0. The van der Waals surface area contributed by atoms with Gasteiger partial charge >= 0.3 is 0 Å². The van der Waals surface area contributed by atoms with E-state index in [2.05, 4.69) is 5.32 Å². The molecule has 1 fully saturated rings. The molecule has 0 aromatic carbocycles. The molecule has 0 heterocycles. The van der Waals surface area contributed by atoms with E-state index in [9.17, 15) is 9.59 Å². The van der Waals surface area contributed by atoms with Crippen LogP contribution in [0.4, 0.5) is 4.79 Å². The topological polar surface area (TPSA) is 46.2 Å². The first-order chi connectivity index (χ1) is 7.61. The van der Waals surface area contributed by atoms with Gasteiger partial charge in [0.25, 0.3) is 5.24 Å². The number of rotatable bonds is 5. The third-order valence-electron chi connectivity index (χ3n) is 2.77. The van der Waals surface area contributed by atoms with E-state index in [-0.39, 0.29) is 11.3 Å². The Labute approximate surface area is 102 Å². The molecule has 1 rings (SSSR count). The van der Waals surface area contributed by atoms with Gasteiger partial charge in [0.15, 0.2) is 0 Å². The van der Waals surface area contributed by atoms with Crippen molar-refractivity contribution in [1.82, 2.24) is 5.32 Å². The van der Waals surface area contributed by atoms with Crippen LogP contribution in [0, 0.1) is 5.92 Å². The van der Waals surface area contributed by atoms with Gasteiger partial charge in [0.05, 0.1) is 6.04 Å². The third-order valence-corrected chi connectivity index (χ3v) is 3.91. The fourth-order valence-corrected chi connectivity index (χ4v) is 3.09. The standard InChI is InChI=1S/C12H21NO2S/c1-9(2)7-10(8-14)13-12(15)16-11-5-3-4-6-11/h8-11H,3-7H2,1-2H3,(H,13,15). The minimum absolute atomic E-state index is 0.0374. The van der Waals surface area contributed by atoms with Crippen LogP contribution in [0.25, 0.3) is 0 Å². The number of hydrogen-bond acceptors (Lipinski definition) is 3. The summed E-state index contributed by atoms with van der Waals surface area (Å²) in [6.07, 6.45) is 6.29. The number of thioether (sulfide) groups is 1. The number of amides is 1. The van der Waals surface area contributed by atoms with E-state index in [1.165, 1.54) is 24.6 Å². The van der Waals surface area contributed by atoms with Gasteiger partial charge in [-0.3, -0.25) is 4.79 Å². The van der Waals surface area contributed by atoms with Crippen LogP contribution in [0.3, 0.4) is 0 Å². The van der Waals surface area contributed by atoms with Crippen molar-refractivity contribution in [2.45, 2.75) is 57.2 Å². The quantitative estimate of drug-likeness (QED) is 0.755. The molecule has 0 aromatic rings. The van der Waals surface area contributed by atoms with Crippen LogP contribution in [-0.4, -0.2) is 22.8 Å². The lowest BCUT2D eigenvalue weighted by atomic mass is 10.1. The summed E-state index contributed by atoms with van der Waals surface area (Å²) < 4.78 is 0. The molecule has 1 N–H and O–H groups in total. The van der Waals surface area contributed by atoms with Crippen molar-refractivity contribution >= 4 is 23.3 Å². The Morgan fingerprint density at radius 3 is 2.56 bits per heavy atom. The van der Waals surface area contributed by atoms with Gasteiger partial charge in [-0.15, -0.1) is 0 Å². The van der Waals surface area contributed by atoms with E-state index in [0.29, 0.717) is 11.2 Å². The fraction of sp³-hybridized carbons (Fsp3) is 0.833. The fourth-order valence-electron chi connectivity index (χ4n) is 2.00. The second kappa shape index (κ2) is 6.94. The van der Waals surface area contributed by atoms with Crippen molar-refractivity contribution in [3.05, 3.63) is 0 Å². The molecule has 4 heteroatoms. The summed E-state index contributed by atoms with van der Waals surface area (Å²) in [5, 5.41) is 3.21. The van der Waals surface area contributed by atoms with Gasteiger partial charge in [-0.05, 0) is 25.2 Å². The molecule has 1 aliphatic carbocycles. The second-order valence-electron chi connectivity index (χ2n) is 4.83. The van der Waals surface area contributed by atoms with E-state index in [1.54, 1.807) is 0 Å². The minimum Gasteiger partial charge on any atom is -0.337 e. The van der Waals surface area contributed by atoms with Crippen LogP contribution in [0.5, 0.6) is 0 Å². The summed E-state index contributed by atoms with van der Waals surface area (Å²) in [5.41, 5.74) is 0. The molecule has 1 unspecified atom stereocenters. The van der Waals surface area contributed by atoms with Crippen molar-refractivity contribution in [2.75, 3.05) is 0 Å². The number of aldehydes is 1. The number of carbonyl (C=O) groups excluding carboxylic acids is 2. The van der Waals surface area contributed by atoms with Gasteiger partial charge in [0.1, 0.15) is 6.29 Å². The summed E-state index contributed by atoms with van der Waals surface area (Å²) in [6, 6.07) is -0.318. The predicted octanol–water partition coefficient (Wildman–Crippen LogP) is 2.99. The molecule has 0 aliphatic heterocycles. The van der Waals surface area contributed by atoms with Crippen LogP contribution < -0.4 is 5.32 Å². The van der Waals surface area contributed by atoms with Crippen LogP contribution in [0.2, 0.25) is 0 Å². The summed E-state index contributed by atoms with van der Waals surface area (Å²) in [5.74, 6) is 0.423. The van der Waals surface area contributed by atoms with E-state index in [0.717, 1.165) is 25.5 Å². The number of hydrogen-bond donors (Lipinski definition) is 1. The average Bonchev–Trinajstić information content (AvgIpc) is 2.68. The average molecular weight is 243 g/mol. The maximum absolute atomic E-state index is 11.6. The molecule has 3 nitrogen and oxygen atoms in total. The maximum atomic E-state index is 11.6. The number of carbonyl (C=O) groups is 2. The van der Waals surface area contributed by atoms with Crippen LogP contribution >= 0.6 is 11.8 Å². The van der Waals surface area contributed by atoms with E-state index in [1.807, 2.05) is 13.8 Å². The Hall–Kier alpha value is -0.510. The first kappa shape index (κ1) is 13.6. The SMILES string of the molecule is CC(C)CC(C=O)NC(=O)SC1CCCC1. The smallest absolute Gasteiger partial charge is 0.279 e. The van der Waals surface area contributed by atoms with Crippen LogP contribution in [0.15, 0.2) is 0 Å². The molecule has 1 aliphatic rings. The molecule has 92 valence electrons. The molecular weight excluding hydrogens is 222 g/mol. The molecule has 1 atom stereocenters. The lowest BCUT2D eigenvalue weighted by Crippen LogP contribution is -2.35. The maximum Gasteiger partial charge on any atom is 0.279 e. The van der Waals surface area contributed by atoms with Crippen LogP contribution in [-0.2, 0) is 4.79 Å². The Morgan fingerprint density at radius 2 is 2.06 bits per heavy atom. The summed E-state index contributed by atoms with van der Waals surface area (Å²) in [4.78, 5) is 22.4. The number of nitrogens with one attached hydrogen (secondary N) is 1. The van der Waals surface area contributed by atoms with Gasteiger partial charge in [-0.2, -0.15) is 0 Å². The molecular formula is C12H21NO2S. The summed E-state index contributed by atoms with van der Waals surface area (Å²) >= 11 is 1.37. The molecule has 1 amide bonds. The van der Waals surface area contributed by atoms with Gasteiger partial charge in [-0.1, -0.05) is 38.5 Å². The highest BCUT2D eigenvalue weighted by atomic mass is 32.2. The lowest BCUT2D eigenvalue weighted by Gasteiger charge is -2.15. The molecule has 0 bridgehead atoms. The zero-order valence-corrected chi connectivity index (χ0v) is 10.9. The van der Waals surface area contributed by atoms with Gasteiger partial charge in [0, 0.05) is 5.25 Å². The zero-order valence-electron chi connectivity index (χ0n) is 10.1. The van der Waals surface area contributed by atoms with E-state index < -0.39 is 0 Å². The first-order valence-corrected chi connectivity index (χ1v) is 6.92. The molecule has 16 heavy (non-hydrogen) atoms. The van der Waals surface area contributed by atoms with Crippen molar-refractivity contribution in [3.8, 4) is 0 Å². The molecule has 0 aromatic heterocycles. The Bertz CT molecular complexity index is 237. The monoisotopic (exact) mass is 243 g/mol. The highest BCUT2D eigenvalue weighted by molar-refractivity contribution is 8.14. The van der Waals surface area contributed by atoms with Crippen molar-refractivity contribution in [3.63, 3.8) is 0 Å². The Morgan fingerprint density at radius 1 is 1.44 bits per heavy atom. The normalized spacial score (nSPS) is 18.7. The van der Waals surface area contributed by atoms with Gasteiger partial charge < -0.3 is 10.1 Å². The van der Waals surface area contributed by atoms with E-state index >= 15 is 0 Å². The third kappa shape index (κ3) is 5.01. The summed E-state index contributed by atoms with van der Waals surface area (Å²) in [7, 11) is 0. The second-order valence-corrected chi connectivity index (χ2v) is 6.10. The largest absolute Gasteiger partial charge is 0.337 e. The van der Waals surface area contributed by atoms with Crippen molar-refractivity contribution in [2.24, 2.45) is 5.92 Å². The minimum atomic E-state index is -0.318. The Kier molecular flexibility index (Phi) is 5.88. The van der Waals surface area contributed by atoms with Crippen molar-refractivity contribution < 1.29 is 9.59 Å². The lowest BCUT2D eigenvalue weighted by molar-refractivity contribution is -0.109. The highest BCUT2D eigenvalue weighted by Gasteiger charge is 2.21.